The summed E-state index contributed by atoms with van der Waals surface area (Å²) in [6, 6.07) is 8.44. The topological polar surface area (TPSA) is 12.4 Å². The SMILES string of the molecule is CC/C=C\C(=NC)c1ccc(C)cc1. The summed E-state index contributed by atoms with van der Waals surface area (Å²) in [6.45, 7) is 4.22. The van der Waals surface area contributed by atoms with Crippen molar-refractivity contribution in [1.29, 1.82) is 0 Å². The van der Waals surface area contributed by atoms with Gasteiger partial charge in [-0.2, -0.15) is 0 Å². The lowest BCUT2D eigenvalue weighted by Crippen LogP contribution is -1.95. The average molecular weight is 187 g/mol. The number of allylic oxidation sites excluding steroid dienone is 2. The van der Waals surface area contributed by atoms with Gasteiger partial charge in [0.05, 0.1) is 5.71 Å². The van der Waals surface area contributed by atoms with Crippen LogP contribution in [0.15, 0.2) is 41.4 Å². The van der Waals surface area contributed by atoms with Crippen LogP contribution in [-0.4, -0.2) is 12.8 Å². The highest BCUT2D eigenvalue weighted by molar-refractivity contribution is 6.08. The molecule has 0 aromatic heterocycles. The third kappa shape index (κ3) is 2.84. The maximum Gasteiger partial charge on any atom is 0.0639 e. The van der Waals surface area contributed by atoms with E-state index in [0.717, 1.165) is 12.1 Å². The molecule has 0 fully saturated rings. The molecule has 0 saturated carbocycles. The van der Waals surface area contributed by atoms with E-state index in [1.807, 2.05) is 7.05 Å². The fourth-order valence-electron chi connectivity index (χ4n) is 1.25. The lowest BCUT2D eigenvalue weighted by Gasteiger charge is -2.00. The van der Waals surface area contributed by atoms with E-state index in [1.54, 1.807) is 0 Å². The molecule has 1 heteroatoms. The predicted octanol–water partition coefficient (Wildman–Crippen LogP) is 3.38. The van der Waals surface area contributed by atoms with Crippen molar-refractivity contribution >= 4 is 5.71 Å². The van der Waals surface area contributed by atoms with E-state index in [4.69, 9.17) is 0 Å². The summed E-state index contributed by atoms with van der Waals surface area (Å²) < 4.78 is 0. The van der Waals surface area contributed by atoms with Crippen molar-refractivity contribution in [3.63, 3.8) is 0 Å². The van der Waals surface area contributed by atoms with E-state index in [9.17, 15) is 0 Å². The van der Waals surface area contributed by atoms with Crippen LogP contribution in [-0.2, 0) is 0 Å². The lowest BCUT2D eigenvalue weighted by atomic mass is 10.1. The van der Waals surface area contributed by atoms with Crippen LogP contribution < -0.4 is 0 Å². The third-order valence-electron chi connectivity index (χ3n) is 2.10. The third-order valence-corrected chi connectivity index (χ3v) is 2.10. The predicted molar refractivity (Wildman–Crippen MR) is 63.1 cm³/mol. The van der Waals surface area contributed by atoms with Gasteiger partial charge in [-0.1, -0.05) is 42.8 Å². The van der Waals surface area contributed by atoms with Crippen molar-refractivity contribution in [2.75, 3.05) is 7.05 Å². The summed E-state index contributed by atoms with van der Waals surface area (Å²) in [5.74, 6) is 0. The summed E-state index contributed by atoms with van der Waals surface area (Å²) in [5, 5.41) is 0. The Morgan fingerprint density at radius 3 is 2.43 bits per heavy atom. The molecule has 0 heterocycles. The van der Waals surface area contributed by atoms with Crippen LogP contribution in [0.4, 0.5) is 0 Å². The van der Waals surface area contributed by atoms with Crippen molar-refractivity contribution in [3.8, 4) is 0 Å². The standard InChI is InChI=1S/C13H17N/c1-4-5-6-13(14-3)12-9-7-11(2)8-10-12/h5-10H,4H2,1-3H3/b6-5-,14-13?. The van der Waals surface area contributed by atoms with Gasteiger partial charge in [0.15, 0.2) is 0 Å². The van der Waals surface area contributed by atoms with Crippen LogP contribution >= 0.6 is 0 Å². The lowest BCUT2D eigenvalue weighted by molar-refractivity contribution is 1.23. The molecule has 0 spiro atoms. The number of hydrogen-bond donors (Lipinski definition) is 0. The smallest absolute Gasteiger partial charge is 0.0639 e. The molecule has 0 saturated heterocycles. The zero-order valence-corrected chi connectivity index (χ0v) is 9.12. The fourth-order valence-corrected chi connectivity index (χ4v) is 1.25. The molecule has 1 nitrogen and oxygen atoms in total. The van der Waals surface area contributed by atoms with Crippen LogP contribution in [0.25, 0.3) is 0 Å². The summed E-state index contributed by atoms with van der Waals surface area (Å²) in [5.41, 5.74) is 3.51. The normalized spacial score (nSPS) is 12.4. The first-order chi connectivity index (χ1) is 6.77. The zero-order chi connectivity index (χ0) is 10.4. The number of aryl methyl sites for hydroxylation is 1. The Morgan fingerprint density at radius 1 is 1.29 bits per heavy atom. The Labute approximate surface area is 86.2 Å². The van der Waals surface area contributed by atoms with Crippen LogP contribution in [0.1, 0.15) is 24.5 Å². The minimum Gasteiger partial charge on any atom is -0.288 e. The minimum absolute atomic E-state index is 1.05. The molecular formula is C13H17N. The molecule has 0 atom stereocenters. The second-order valence-electron chi connectivity index (χ2n) is 3.29. The molecule has 14 heavy (non-hydrogen) atoms. The molecule has 1 aromatic rings. The molecule has 1 aromatic carbocycles. The Bertz CT molecular complexity index is 331. The number of aliphatic imine (C=N–C) groups is 1. The molecule has 0 bridgehead atoms. The van der Waals surface area contributed by atoms with E-state index in [2.05, 4.69) is 55.3 Å². The zero-order valence-electron chi connectivity index (χ0n) is 9.12. The summed E-state index contributed by atoms with van der Waals surface area (Å²) in [7, 11) is 1.83. The van der Waals surface area contributed by atoms with Gasteiger partial charge in [-0.05, 0) is 25.0 Å². The average Bonchev–Trinajstić information content (AvgIpc) is 2.21. The number of hydrogen-bond acceptors (Lipinski definition) is 1. The monoisotopic (exact) mass is 187 g/mol. The van der Waals surface area contributed by atoms with Gasteiger partial charge in [-0.3, -0.25) is 4.99 Å². The maximum absolute atomic E-state index is 4.26. The highest BCUT2D eigenvalue weighted by Gasteiger charge is 1.96. The van der Waals surface area contributed by atoms with E-state index < -0.39 is 0 Å². The van der Waals surface area contributed by atoms with Gasteiger partial charge < -0.3 is 0 Å². The Kier molecular flexibility index (Phi) is 4.11. The number of nitrogens with zero attached hydrogens (tertiary/aromatic N) is 1. The van der Waals surface area contributed by atoms with Crippen LogP contribution in [0.3, 0.4) is 0 Å². The van der Waals surface area contributed by atoms with E-state index in [-0.39, 0.29) is 0 Å². The summed E-state index contributed by atoms with van der Waals surface area (Å²) in [6.07, 6.45) is 5.25. The Hall–Kier alpha value is -1.37. The molecule has 0 aliphatic heterocycles. The van der Waals surface area contributed by atoms with Gasteiger partial charge in [0, 0.05) is 7.05 Å². The van der Waals surface area contributed by atoms with E-state index in [1.165, 1.54) is 11.1 Å². The molecule has 1 rings (SSSR count). The number of rotatable bonds is 3. The molecule has 0 aliphatic rings. The van der Waals surface area contributed by atoms with Crippen LogP contribution in [0, 0.1) is 6.92 Å². The van der Waals surface area contributed by atoms with Crippen molar-refractivity contribution in [2.45, 2.75) is 20.3 Å². The second kappa shape index (κ2) is 5.38. The largest absolute Gasteiger partial charge is 0.288 e. The van der Waals surface area contributed by atoms with Gasteiger partial charge in [0.1, 0.15) is 0 Å². The highest BCUT2D eigenvalue weighted by atomic mass is 14.7. The minimum atomic E-state index is 1.05. The van der Waals surface area contributed by atoms with Gasteiger partial charge in [-0.25, -0.2) is 0 Å². The molecule has 74 valence electrons. The van der Waals surface area contributed by atoms with Crippen LogP contribution in [0.2, 0.25) is 0 Å². The first kappa shape index (κ1) is 10.7. The fraction of sp³-hybridized carbons (Fsp3) is 0.308. The van der Waals surface area contributed by atoms with Crippen molar-refractivity contribution < 1.29 is 0 Å². The first-order valence-electron chi connectivity index (χ1n) is 4.98. The first-order valence-corrected chi connectivity index (χ1v) is 4.98. The molecule has 0 radical (unpaired) electrons. The van der Waals surface area contributed by atoms with Gasteiger partial charge >= 0.3 is 0 Å². The quantitative estimate of drug-likeness (QED) is 0.643. The van der Waals surface area contributed by atoms with E-state index >= 15 is 0 Å². The molecule has 0 aliphatic carbocycles. The Morgan fingerprint density at radius 2 is 1.93 bits per heavy atom. The van der Waals surface area contributed by atoms with Gasteiger partial charge in [-0.15, -0.1) is 0 Å². The summed E-state index contributed by atoms with van der Waals surface area (Å²) in [4.78, 5) is 4.26. The van der Waals surface area contributed by atoms with Gasteiger partial charge in [0.25, 0.3) is 0 Å². The Balaban J connectivity index is 2.91. The summed E-state index contributed by atoms with van der Waals surface area (Å²) >= 11 is 0. The number of benzene rings is 1. The molecule has 0 amide bonds. The highest BCUT2D eigenvalue weighted by Crippen LogP contribution is 2.05. The van der Waals surface area contributed by atoms with Crippen molar-refractivity contribution in [3.05, 3.63) is 47.5 Å². The van der Waals surface area contributed by atoms with Crippen molar-refractivity contribution in [1.82, 2.24) is 0 Å². The van der Waals surface area contributed by atoms with E-state index in [0.29, 0.717) is 0 Å². The van der Waals surface area contributed by atoms with Gasteiger partial charge in [0.2, 0.25) is 0 Å². The van der Waals surface area contributed by atoms with Crippen LogP contribution in [0.5, 0.6) is 0 Å². The molecular weight excluding hydrogens is 170 g/mol. The van der Waals surface area contributed by atoms with Crippen molar-refractivity contribution in [2.24, 2.45) is 4.99 Å². The molecule has 0 unspecified atom stereocenters. The molecule has 0 N–H and O–H groups in total. The maximum atomic E-state index is 4.26. The second-order valence-corrected chi connectivity index (χ2v) is 3.29.